The molecule has 0 saturated heterocycles. The summed E-state index contributed by atoms with van der Waals surface area (Å²) < 4.78 is 1.89. The quantitative estimate of drug-likeness (QED) is 0.773. The maximum Gasteiger partial charge on any atom is 0.0692 e. The topological polar surface area (TPSA) is 42.7 Å². The summed E-state index contributed by atoms with van der Waals surface area (Å²) in [6.07, 6.45) is 10.3. The standard InChI is InChI=1S/C12H22N4/c1-11-3-5-12(6-4-11)13-7-2-9-16-10-8-14-15-16/h8,10-13H,2-7,9H2,1H3. The maximum atomic E-state index is 3.95. The SMILES string of the molecule is CC1CCC(NCCCn2ccnn2)CC1. The fraction of sp³-hybridized carbons (Fsp3) is 0.833. The van der Waals surface area contributed by atoms with E-state index in [1.165, 1.54) is 25.7 Å². The lowest BCUT2D eigenvalue weighted by Gasteiger charge is -2.27. The van der Waals surface area contributed by atoms with Crippen LogP contribution in [0.2, 0.25) is 0 Å². The van der Waals surface area contributed by atoms with Crippen LogP contribution in [-0.4, -0.2) is 27.6 Å². The molecular formula is C12H22N4. The van der Waals surface area contributed by atoms with Gasteiger partial charge in [0, 0.05) is 18.8 Å². The second kappa shape index (κ2) is 5.99. The number of nitrogens with one attached hydrogen (secondary N) is 1. The zero-order valence-electron chi connectivity index (χ0n) is 10.1. The molecule has 0 aliphatic heterocycles. The van der Waals surface area contributed by atoms with Gasteiger partial charge < -0.3 is 5.32 Å². The van der Waals surface area contributed by atoms with Crippen molar-refractivity contribution in [3.63, 3.8) is 0 Å². The molecule has 0 radical (unpaired) electrons. The molecule has 0 amide bonds. The highest BCUT2D eigenvalue weighted by Crippen LogP contribution is 2.23. The Morgan fingerprint density at radius 3 is 2.81 bits per heavy atom. The Kier molecular flexibility index (Phi) is 4.34. The van der Waals surface area contributed by atoms with Gasteiger partial charge in [-0.1, -0.05) is 12.1 Å². The molecule has 1 aliphatic rings. The lowest BCUT2D eigenvalue weighted by Crippen LogP contribution is -2.33. The van der Waals surface area contributed by atoms with E-state index in [9.17, 15) is 0 Å². The van der Waals surface area contributed by atoms with E-state index in [4.69, 9.17) is 0 Å². The fourth-order valence-electron chi connectivity index (χ4n) is 2.36. The molecule has 1 aliphatic carbocycles. The second-order valence-electron chi connectivity index (χ2n) is 4.93. The third-order valence-corrected chi connectivity index (χ3v) is 3.48. The van der Waals surface area contributed by atoms with Crippen molar-refractivity contribution in [1.29, 1.82) is 0 Å². The summed E-state index contributed by atoms with van der Waals surface area (Å²) in [5.74, 6) is 0.938. The molecule has 4 nitrogen and oxygen atoms in total. The molecule has 0 aromatic carbocycles. The Hall–Kier alpha value is -0.900. The Bertz CT molecular complexity index is 275. The summed E-state index contributed by atoms with van der Waals surface area (Å²) in [6.45, 7) is 4.43. The van der Waals surface area contributed by atoms with Crippen molar-refractivity contribution in [2.24, 2.45) is 5.92 Å². The maximum absolute atomic E-state index is 3.95. The van der Waals surface area contributed by atoms with Crippen LogP contribution in [0.5, 0.6) is 0 Å². The van der Waals surface area contributed by atoms with E-state index in [1.54, 1.807) is 6.20 Å². The molecule has 16 heavy (non-hydrogen) atoms. The summed E-state index contributed by atoms with van der Waals surface area (Å²) >= 11 is 0. The Morgan fingerprint density at radius 1 is 1.31 bits per heavy atom. The second-order valence-corrected chi connectivity index (χ2v) is 4.93. The number of hydrogen-bond donors (Lipinski definition) is 1. The van der Waals surface area contributed by atoms with Crippen molar-refractivity contribution in [2.75, 3.05) is 6.54 Å². The van der Waals surface area contributed by atoms with Gasteiger partial charge in [-0.3, -0.25) is 4.68 Å². The van der Waals surface area contributed by atoms with Gasteiger partial charge in [0.2, 0.25) is 0 Å². The van der Waals surface area contributed by atoms with Crippen molar-refractivity contribution in [1.82, 2.24) is 20.3 Å². The third-order valence-electron chi connectivity index (χ3n) is 3.48. The van der Waals surface area contributed by atoms with E-state index in [0.29, 0.717) is 0 Å². The average Bonchev–Trinajstić information content (AvgIpc) is 2.80. The third kappa shape index (κ3) is 3.59. The summed E-state index contributed by atoms with van der Waals surface area (Å²) in [6, 6.07) is 0.756. The number of aromatic nitrogens is 3. The van der Waals surface area contributed by atoms with Crippen LogP contribution >= 0.6 is 0 Å². The van der Waals surface area contributed by atoms with Crippen LogP contribution < -0.4 is 5.32 Å². The molecule has 0 atom stereocenters. The molecule has 1 fully saturated rings. The minimum absolute atomic E-state index is 0.756. The minimum atomic E-state index is 0.756. The van der Waals surface area contributed by atoms with Crippen LogP contribution in [0.4, 0.5) is 0 Å². The zero-order chi connectivity index (χ0) is 11.2. The Labute approximate surface area is 97.4 Å². The molecule has 1 aromatic heterocycles. The molecule has 0 bridgehead atoms. The van der Waals surface area contributed by atoms with Crippen LogP contribution in [0.15, 0.2) is 12.4 Å². The van der Waals surface area contributed by atoms with Crippen molar-refractivity contribution in [3.8, 4) is 0 Å². The van der Waals surface area contributed by atoms with Gasteiger partial charge in [-0.15, -0.1) is 5.10 Å². The molecule has 1 N–H and O–H groups in total. The molecule has 0 spiro atoms. The summed E-state index contributed by atoms with van der Waals surface area (Å²) in [4.78, 5) is 0. The van der Waals surface area contributed by atoms with Crippen molar-refractivity contribution >= 4 is 0 Å². The molecule has 90 valence electrons. The first-order valence-corrected chi connectivity index (χ1v) is 6.42. The van der Waals surface area contributed by atoms with Gasteiger partial charge in [-0.05, 0) is 44.6 Å². The highest BCUT2D eigenvalue weighted by molar-refractivity contribution is 4.75. The normalized spacial score (nSPS) is 25.8. The van der Waals surface area contributed by atoms with Crippen molar-refractivity contribution in [2.45, 2.75) is 51.6 Å². The molecule has 1 heterocycles. The van der Waals surface area contributed by atoms with Crippen LogP contribution in [0.25, 0.3) is 0 Å². The van der Waals surface area contributed by atoms with Gasteiger partial charge in [-0.2, -0.15) is 0 Å². The van der Waals surface area contributed by atoms with Crippen LogP contribution in [0.1, 0.15) is 39.0 Å². The van der Waals surface area contributed by atoms with Crippen molar-refractivity contribution in [3.05, 3.63) is 12.4 Å². The Balaban J connectivity index is 1.55. The van der Waals surface area contributed by atoms with Gasteiger partial charge >= 0.3 is 0 Å². The molecule has 2 rings (SSSR count). The number of hydrogen-bond acceptors (Lipinski definition) is 3. The number of nitrogens with zero attached hydrogens (tertiary/aromatic N) is 3. The van der Waals surface area contributed by atoms with Gasteiger partial charge in [-0.25, -0.2) is 0 Å². The lowest BCUT2D eigenvalue weighted by atomic mass is 9.87. The van der Waals surface area contributed by atoms with E-state index in [-0.39, 0.29) is 0 Å². The number of rotatable bonds is 5. The average molecular weight is 222 g/mol. The van der Waals surface area contributed by atoms with Crippen LogP contribution in [0.3, 0.4) is 0 Å². The first-order chi connectivity index (χ1) is 7.84. The summed E-state index contributed by atoms with van der Waals surface area (Å²) in [7, 11) is 0. The van der Waals surface area contributed by atoms with E-state index in [2.05, 4.69) is 22.6 Å². The molecule has 1 aromatic rings. The van der Waals surface area contributed by atoms with Gasteiger partial charge in [0.1, 0.15) is 0 Å². The van der Waals surface area contributed by atoms with Gasteiger partial charge in [0.15, 0.2) is 0 Å². The van der Waals surface area contributed by atoms with Gasteiger partial charge in [0.25, 0.3) is 0 Å². The molecular weight excluding hydrogens is 200 g/mol. The minimum Gasteiger partial charge on any atom is -0.314 e. The van der Waals surface area contributed by atoms with E-state index >= 15 is 0 Å². The smallest absolute Gasteiger partial charge is 0.0692 e. The summed E-state index contributed by atoms with van der Waals surface area (Å²) in [5, 5.41) is 11.4. The first-order valence-electron chi connectivity index (χ1n) is 6.42. The zero-order valence-corrected chi connectivity index (χ0v) is 10.1. The predicted molar refractivity (Wildman–Crippen MR) is 64.1 cm³/mol. The highest BCUT2D eigenvalue weighted by Gasteiger charge is 2.16. The first kappa shape index (κ1) is 11.6. The molecule has 4 heteroatoms. The van der Waals surface area contributed by atoms with Crippen LogP contribution in [-0.2, 0) is 6.54 Å². The van der Waals surface area contributed by atoms with Crippen LogP contribution in [0, 0.1) is 5.92 Å². The van der Waals surface area contributed by atoms with E-state index in [1.807, 2.05) is 10.9 Å². The predicted octanol–water partition coefficient (Wildman–Crippen LogP) is 1.84. The monoisotopic (exact) mass is 222 g/mol. The van der Waals surface area contributed by atoms with E-state index < -0.39 is 0 Å². The lowest BCUT2D eigenvalue weighted by molar-refractivity contribution is 0.305. The molecule has 1 saturated carbocycles. The van der Waals surface area contributed by atoms with Gasteiger partial charge in [0.05, 0.1) is 6.20 Å². The number of aryl methyl sites for hydroxylation is 1. The fourth-order valence-corrected chi connectivity index (χ4v) is 2.36. The molecule has 0 unspecified atom stereocenters. The summed E-state index contributed by atoms with van der Waals surface area (Å²) in [5.41, 5.74) is 0. The Morgan fingerprint density at radius 2 is 2.12 bits per heavy atom. The van der Waals surface area contributed by atoms with E-state index in [0.717, 1.165) is 31.5 Å². The van der Waals surface area contributed by atoms with Crippen molar-refractivity contribution < 1.29 is 0 Å². The largest absolute Gasteiger partial charge is 0.314 e. The highest BCUT2D eigenvalue weighted by atomic mass is 15.4.